The molecule has 0 spiro atoms. The first kappa shape index (κ1) is 8.78. The van der Waals surface area contributed by atoms with Gasteiger partial charge in [0.15, 0.2) is 0 Å². The molecule has 12 heavy (non-hydrogen) atoms. The topological polar surface area (TPSA) is 24.4 Å². The van der Waals surface area contributed by atoms with Crippen LogP contribution in [0.1, 0.15) is 19.4 Å². The first-order valence-electron chi connectivity index (χ1n) is 4.02. The number of rotatable bonds is 2. The van der Waals surface area contributed by atoms with Crippen LogP contribution in [0, 0.1) is 6.92 Å². The molecule has 64 valence electrons. The van der Waals surface area contributed by atoms with Crippen molar-refractivity contribution in [3.8, 4) is 0 Å². The first-order chi connectivity index (χ1) is 5.70. The highest BCUT2D eigenvalue weighted by Crippen LogP contribution is 2.12. The Hall–Kier alpha value is -1.31. The first-order valence-corrected chi connectivity index (χ1v) is 4.02. The molecule has 1 aromatic carbocycles. The maximum Gasteiger partial charge on any atom is 0.0590 e. The van der Waals surface area contributed by atoms with Gasteiger partial charge in [-0.2, -0.15) is 5.10 Å². The Balaban J connectivity index is 2.76. The molecular weight excluding hydrogens is 148 g/mol. The van der Waals surface area contributed by atoms with Crippen molar-refractivity contribution in [2.75, 3.05) is 5.43 Å². The lowest BCUT2D eigenvalue weighted by molar-refractivity contribution is 1.29. The fraction of sp³-hybridized carbons (Fsp3) is 0.300. The van der Waals surface area contributed by atoms with Crippen molar-refractivity contribution in [2.24, 2.45) is 5.10 Å². The molecule has 2 nitrogen and oxygen atoms in total. The molecule has 0 bridgehead atoms. The van der Waals surface area contributed by atoms with E-state index in [9.17, 15) is 0 Å². The van der Waals surface area contributed by atoms with Crippen molar-refractivity contribution in [2.45, 2.75) is 20.8 Å². The van der Waals surface area contributed by atoms with Crippen molar-refractivity contribution in [3.63, 3.8) is 0 Å². The van der Waals surface area contributed by atoms with Gasteiger partial charge in [0.2, 0.25) is 0 Å². The van der Waals surface area contributed by atoms with Crippen LogP contribution in [0.3, 0.4) is 0 Å². The molecule has 0 aromatic heterocycles. The van der Waals surface area contributed by atoms with E-state index >= 15 is 0 Å². The second-order valence-electron chi connectivity index (χ2n) is 2.99. The van der Waals surface area contributed by atoms with Gasteiger partial charge in [-0.05, 0) is 32.4 Å². The summed E-state index contributed by atoms with van der Waals surface area (Å²) in [6.07, 6.45) is 0. The largest absolute Gasteiger partial charge is 0.278 e. The van der Waals surface area contributed by atoms with Gasteiger partial charge in [0.25, 0.3) is 0 Å². The Kier molecular flexibility index (Phi) is 2.86. The second-order valence-corrected chi connectivity index (χ2v) is 2.99. The summed E-state index contributed by atoms with van der Waals surface area (Å²) >= 11 is 0. The average Bonchev–Trinajstić information content (AvgIpc) is 2.03. The second kappa shape index (κ2) is 3.90. The van der Waals surface area contributed by atoms with Crippen LogP contribution in [0.2, 0.25) is 0 Å². The van der Waals surface area contributed by atoms with Gasteiger partial charge in [-0.15, -0.1) is 0 Å². The Morgan fingerprint density at radius 1 is 1.25 bits per heavy atom. The zero-order chi connectivity index (χ0) is 8.97. The molecule has 1 rings (SSSR count). The summed E-state index contributed by atoms with van der Waals surface area (Å²) in [4.78, 5) is 0. The molecule has 0 aliphatic heterocycles. The van der Waals surface area contributed by atoms with Crippen molar-refractivity contribution in [1.82, 2.24) is 0 Å². The van der Waals surface area contributed by atoms with Crippen LogP contribution in [-0.2, 0) is 0 Å². The van der Waals surface area contributed by atoms with Crippen LogP contribution in [0.5, 0.6) is 0 Å². The van der Waals surface area contributed by atoms with Crippen molar-refractivity contribution < 1.29 is 0 Å². The Morgan fingerprint density at radius 3 is 2.50 bits per heavy atom. The normalized spacial score (nSPS) is 9.25. The minimum Gasteiger partial charge on any atom is -0.278 e. The molecule has 0 saturated heterocycles. The maximum atomic E-state index is 4.12. The van der Waals surface area contributed by atoms with Gasteiger partial charge < -0.3 is 0 Å². The van der Waals surface area contributed by atoms with Gasteiger partial charge in [-0.1, -0.05) is 18.2 Å². The predicted molar refractivity (Wildman–Crippen MR) is 53.6 cm³/mol. The van der Waals surface area contributed by atoms with Crippen LogP contribution >= 0.6 is 0 Å². The lowest BCUT2D eigenvalue weighted by Gasteiger charge is -2.03. The van der Waals surface area contributed by atoms with Crippen LogP contribution < -0.4 is 5.43 Å². The molecule has 0 aliphatic carbocycles. The highest BCUT2D eigenvalue weighted by atomic mass is 15.3. The molecule has 0 unspecified atom stereocenters. The molecule has 2 heteroatoms. The van der Waals surface area contributed by atoms with Gasteiger partial charge in [-0.25, -0.2) is 0 Å². The van der Waals surface area contributed by atoms with Crippen LogP contribution in [0.15, 0.2) is 29.4 Å². The lowest BCUT2D eigenvalue weighted by Crippen LogP contribution is -1.94. The molecule has 0 aliphatic rings. The number of anilines is 1. The average molecular weight is 162 g/mol. The molecule has 0 heterocycles. The standard InChI is InChI=1S/C10H14N2/c1-8(2)11-12-10-7-5-4-6-9(10)3/h4-7,12H,1-3H3. The molecule has 0 atom stereocenters. The lowest BCUT2D eigenvalue weighted by atomic mass is 10.2. The minimum atomic E-state index is 1.03. The van der Waals surface area contributed by atoms with E-state index < -0.39 is 0 Å². The SMILES string of the molecule is CC(C)=NNc1ccccc1C. The smallest absolute Gasteiger partial charge is 0.0590 e. The summed E-state index contributed by atoms with van der Waals surface area (Å²) in [5.41, 5.74) is 6.31. The summed E-state index contributed by atoms with van der Waals surface area (Å²) in [6.45, 7) is 5.99. The van der Waals surface area contributed by atoms with Gasteiger partial charge in [0, 0.05) is 5.71 Å². The van der Waals surface area contributed by atoms with Crippen LogP contribution in [-0.4, -0.2) is 5.71 Å². The third kappa shape index (κ3) is 2.38. The van der Waals surface area contributed by atoms with E-state index in [1.807, 2.05) is 32.0 Å². The fourth-order valence-corrected chi connectivity index (χ4v) is 0.870. The number of nitrogens with zero attached hydrogens (tertiary/aromatic N) is 1. The quantitative estimate of drug-likeness (QED) is 0.525. The van der Waals surface area contributed by atoms with E-state index in [0.717, 1.165) is 11.4 Å². The number of aryl methyl sites for hydroxylation is 1. The van der Waals surface area contributed by atoms with Gasteiger partial charge in [0.05, 0.1) is 5.69 Å². The summed E-state index contributed by atoms with van der Waals surface area (Å²) in [6, 6.07) is 8.09. The molecular formula is C10H14N2. The Bertz CT molecular complexity index is 286. The van der Waals surface area contributed by atoms with Gasteiger partial charge >= 0.3 is 0 Å². The van der Waals surface area contributed by atoms with Crippen molar-refractivity contribution in [1.29, 1.82) is 0 Å². The number of hydrogen-bond donors (Lipinski definition) is 1. The summed E-state index contributed by atoms with van der Waals surface area (Å²) in [7, 11) is 0. The fourth-order valence-electron chi connectivity index (χ4n) is 0.870. The maximum absolute atomic E-state index is 4.12. The van der Waals surface area contributed by atoms with Gasteiger partial charge in [-0.3, -0.25) is 5.43 Å². The molecule has 1 aromatic rings. The molecule has 0 saturated carbocycles. The Morgan fingerprint density at radius 2 is 1.92 bits per heavy atom. The molecule has 0 radical (unpaired) electrons. The number of nitrogens with one attached hydrogen (secondary N) is 1. The van der Waals surface area contributed by atoms with E-state index in [2.05, 4.69) is 23.5 Å². The summed E-state index contributed by atoms with van der Waals surface area (Å²) in [5, 5.41) is 4.12. The summed E-state index contributed by atoms with van der Waals surface area (Å²) in [5.74, 6) is 0. The van der Waals surface area contributed by atoms with Crippen molar-refractivity contribution in [3.05, 3.63) is 29.8 Å². The van der Waals surface area contributed by atoms with E-state index in [-0.39, 0.29) is 0 Å². The third-order valence-electron chi connectivity index (χ3n) is 1.55. The zero-order valence-corrected chi connectivity index (χ0v) is 7.76. The van der Waals surface area contributed by atoms with E-state index in [0.29, 0.717) is 0 Å². The molecule has 0 amide bonds. The Labute approximate surface area is 73.3 Å². The van der Waals surface area contributed by atoms with Crippen molar-refractivity contribution >= 4 is 11.4 Å². The zero-order valence-electron chi connectivity index (χ0n) is 7.76. The van der Waals surface area contributed by atoms with E-state index in [1.165, 1.54) is 5.56 Å². The monoisotopic (exact) mass is 162 g/mol. The molecule has 1 N–H and O–H groups in total. The minimum absolute atomic E-state index is 1.03. The van der Waals surface area contributed by atoms with E-state index in [4.69, 9.17) is 0 Å². The predicted octanol–water partition coefficient (Wildman–Crippen LogP) is 2.80. The number of hydrogen-bond acceptors (Lipinski definition) is 2. The molecule has 0 fully saturated rings. The van der Waals surface area contributed by atoms with Gasteiger partial charge in [0.1, 0.15) is 0 Å². The van der Waals surface area contributed by atoms with Crippen LogP contribution in [0.25, 0.3) is 0 Å². The highest BCUT2D eigenvalue weighted by Gasteiger charge is 1.92. The highest BCUT2D eigenvalue weighted by molar-refractivity contribution is 5.79. The third-order valence-corrected chi connectivity index (χ3v) is 1.55. The van der Waals surface area contributed by atoms with E-state index in [1.54, 1.807) is 0 Å². The summed E-state index contributed by atoms with van der Waals surface area (Å²) < 4.78 is 0. The number of hydrazone groups is 1. The number of benzene rings is 1. The number of para-hydroxylation sites is 1. The van der Waals surface area contributed by atoms with Crippen LogP contribution in [0.4, 0.5) is 5.69 Å².